The Labute approximate surface area is 168 Å². The van der Waals surface area contributed by atoms with Crippen LogP contribution in [0.15, 0.2) is 4.99 Å². The fraction of sp³-hybridized carbons (Fsp3) is 0.909. The second-order valence-corrected chi connectivity index (χ2v) is 7.74. The van der Waals surface area contributed by atoms with Gasteiger partial charge in [0.25, 0.3) is 0 Å². The predicted molar refractivity (Wildman–Crippen MR) is 118 cm³/mol. The van der Waals surface area contributed by atoms with E-state index in [4.69, 9.17) is 11.5 Å². The van der Waals surface area contributed by atoms with Gasteiger partial charge in [-0.1, -0.05) is 90.4 Å². The lowest BCUT2D eigenvalue weighted by atomic mass is 10.0. The van der Waals surface area contributed by atoms with Crippen molar-refractivity contribution in [1.29, 1.82) is 0 Å². The van der Waals surface area contributed by atoms with E-state index in [-0.39, 0.29) is 12.0 Å². The van der Waals surface area contributed by atoms with Gasteiger partial charge < -0.3 is 21.6 Å². The molecular formula is C22H46N4O. The highest BCUT2D eigenvalue weighted by Gasteiger charge is 2.05. The molecule has 0 bridgehead atoms. The Morgan fingerprint density at radius 3 is 1.74 bits per heavy atom. The van der Waals surface area contributed by atoms with Crippen molar-refractivity contribution in [2.24, 2.45) is 16.5 Å². The number of nitrogens with two attached hydrogens (primary N) is 2. The zero-order chi connectivity index (χ0) is 20.0. The summed E-state index contributed by atoms with van der Waals surface area (Å²) in [6, 6.07) is -0.0684. The first-order chi connectivity index (χ1) is 13.2. The van der Waals surface area contributed by atoms with Crippen LogP contribution in [0.25, 0.3) is 0 Å². The zero-order valence-electron chi connectivity index (χ0n) is 17.9. The van der Waals surface area contributed by atoms with E-state index in [0.717, 1.165) is 32.1 Å². The Balaban J connectivity index is 3.27. The van der Waals surface area contributed by atoms with Gasteiger partial charge in [-0.15, -0.1) is 0 Å². The molecule has 5 N–H and O–H groups in total. The Morgan fingerprint density at radius 1 is 0.815 bits per heavy atom. The molecule has 0 heterocycles. The Morgan fingerprint density at radius 2 is 1.30 bits per heavy atom. The van der Waals surface area contributed by atoms with Crippen LogP contribution in [0.4, 0.5) is 0 Å². The minimum Gasteiger partial charge on any atom is -0.370 e. The van der Waals surface area contributed by atoms with Gasteiger partial charge in [-0.25, -0.2) is 0 Å². The molecule has 0 rings (SSSR count). The van der Waals surface area contributed by atoms with E-state index in [0.29, 0.717) is 6.54 Å². The number of guanidine groups is 1. The molecular weight excluding hydrogens is 336 g/mol. The van der Waals surface area contributed by atoms with Crippen LogP contribution in [-0.2, 0) is 4.79 Å². The van der Waals surface area contributed by atoms with E-state index < -0.39 is 0 Å². The van der Waals surface area contributed by atoms with Crippen molar-refractivity contribution < 1.29 is 4.79 Å². The first kappa shape index (κ1) is 25.9. The lowest BCUT2D eigenvalue weighted by molar-refractivity contribution is -0.109. The van der Waals surface area contributed by atoms with Crippen molar-refractivity contribution >= 4 is 12.2 Å². The monoisotopic (exact) mass is 382 g/mol. The summed E-state index contributed by atoms with van der Waals surface area (Å²) in [5.41, 5.74) is 10.6. The quantitative estimate of drug-likeness (QED) is 0.116. The van der Waals surface area contributed by atoms with Crippen LogP contribution in [0.2, 0.25) is 0 Å². The maximum Gasteiger partial charge on any atom is 0.185 e. The van der Waals surface area contributed by atoms with Crippen LogP contribution in [0, 0.1) is 0 Å². The van der Waals surface area contributed by atoms with E-state index in [1.54, 1.807) is 0 Å². The number of aliphatic imine (C=N–C) groups is 1. The summed E-state index contributed by atoms with van der Waals surface area (Å²) in [4.78, 5) is 15.0. The minimum absolute atomic E-state index is 0.0684. The van der Waals surface area contributed by atoms with Crippen LogP contribution in [0.3, 0.4) is 0 Å². The van der Waals surface area contributed by atoms with Gasteiger partial charge in [0, 0.05) is 6.54 Å². The summed E-state index contributed by atoms with van der Waals surface area (Å²) in [6.07, 6.45) is 21.8. The number of unbranched alkanes of at least 4 members (excludes halogenated alkanes) is 13. The van der Waals surface area contributed by atoms with E-state index in [9.17, 15) is 4.79 Å². The summed E-state index contributed by atoms with van der Waals surface area (Å²) in [5, 5.41) is 3.32. The average molecular weight is 383 g/mol. The van der Waals surface area contributed by atoms with E-state index >= 15 is 0 Å². The number of hydrogen-bond acceptors (Lipinski definition) is 3. The SMILES string of the molecule is CCCCCCCCCCCCCCCCN[C@H](C=O)CCCN=C(N)N. The summed E-state index contributed by atoms with van der Waals surface area (Å²) in [7, 11) is 0. The van der Waals surface area contributed by atoms with Crippen LogP contribution in [0.1, 0.15) is 110 Å². The lowest BCUT2D eigenvalue weighted by Crippen LogP contribution is -2.31. The molecule has 0 radical (unpaired) electrons. The third kappa shape index (κ3) is 21.1. The first-order valence-electron chi connectivity index (χ1n) is 11.4. The number of rotatable bonds is 21. The van der Waals surface area contributed by atoms with Crippen LogP contribution < -0.4 is 16.8 Å². The second-order valence-electron chi connectivity index (χ2n) is 7.74. The highest BCUT2D eigenvalue weighted by molar-refractivity contribution is 5.75. The highest BCUT2D eigenvalue weighted by atomic mass is 16.1. The molecule has 0 aromatic carbocycles. The van der Waals surface area contributed by atoms with Gasteiger partial charge in [0.1, 0.15) is 6.29 Å². The van der Waals surface area contributed by atoms with Gasteiger partial charge in [-0.05, 0) is 25.8 Å². The van der Waals surface area contributed by atoms with Gasteiger partial charge in [-0.2, -0.15) is 0 Å². The van der Waals surface area contributed by atoms with Gasteiger partial charge in [0.15, 0.2) is 5.96 Å². The number of nitrogens with one attached hydrogen (secondary N) is 1. The molecule has 0 aromatic rings. The van der Waals surface area contributed by atoms with Crippen LogP contribution in [-0.4, -0.2) is 31.4 Å². The zero-order valence-corrected chi connectivity index (χ0v) is 17.9. The number of nitrogens with zero attached hydrogens (tertiary/aromatic N) is 1. The van der Waals surface area contributed by atoms with Crippen LogP contribution in [0.5, 0.6) is 0 Å². The molecule has 0 aliphatic heterocycles. The molecule has 0 saturated heterocycles. The standard InChI is InChI=1S/C22H46N4O/c1-2-3-4-5-6-7-8-9-10-11-12-13-14-15-18-25-21(20-27)17-16-19-26-22(23)24/h20-21,25H,2-19H2,1H3,(H4,23,24,26)/t21-/m0/s1. The normalized spacial score (nSPS) is 12.0. The van der Waals surface area contributed by atoms with Crippen molar-refractivity contribution in [2.75, 3.05) is 13.1 Å². The maximum absolute atomic E-state index is 11.1. The van der Waals surface area contributed by atoms with E-state index in [1.807, 2.05) is 0 Å². The highest BCUT2D eigenvalue weighted by Crippen LogP contribution is 2.12. The average Bonchev–Trinajstić information content (AvgIpc) is 2.66. The third-order valence-corrected chi connectivity index (χ3v) is 5.07. The number of aldehydes is 1. The topological polar surface area (TPSA) is 93.5 Å². The van der Waals surface area contributed by atoms with Gasteiger partial charge >= 0.3 is 0 Å². The molecule has 5 heteroatoms. The van der Waals surface area contributed by atoms with E-state index in [1.165, 1.54) is 83.5 Å². The van der Waals surface area contributed by atoms with Crippen molar-refractivity contribution in [3.63, 3.8) is 0 Å². The first-order valence-corrected chi connectivity index (χ1v) is 11.4. The Kier molecular flexibility index (Phi) is 20.3. The molecule has 5 nitrogen and oxygen atoms in total. The molecule has 0 spiro atoms. The number of hydrogen-bond donors (Lipinski definition) is 3. The van der Waals surface area contributed by atoms with Gasteiger partial charge in [-0.3, -0.25) is 4.99 Å². The molecule has 0 fully saturated rings. The van der Waals surface area contributed by atoms with Crippen molar-refractivity contribution in [3.8, 4) is 0 Å². The molecule has 27 heavy (non-hydrogen) atoms. The number of carbonyl (C=O) groups excluding carboxylic acids is 1. The summed E-state index contributed by atoms with van der Waals surface area (Å²) in [6.45, 7) is 3.79. The molecule has 0 aromatic heterocycles. The second kappa shape index (κ2) is 21.2. The summed E-state index contributed by atoms with van der Waals surface area (Å²) >= 11 is 0. The van der Waals surface area contributed by atoms with Gasteiger partial charge in [0.2, 0.25) is 0 Å². The molecule has 160 valence electrons. The third-order valence-electron chi connectivity index (χ3n) is 5.07. The van der Waals surface area contributed by atoms with Crippen LogP contribution >= 0.6 is 0 Å². The molecule has 1 atom stereocenters. The maximum atomic E-state index is 11.1. The fourth-order valence-electron chi connectivity index (χ4n) is 3.34. The summed E-state index contributed by atoms with van der Waals surface area (Å²) < 4.78 is 0. The van der Waals surface area contributed by atoms with E-state index in [2.05, 4.69) is 17.2 Å². The predicted octanol–water partition coefficient (Wildman–Crippen LogP) is 4.68. The van der Waals surface area contributed by atoms with Crippen molar-refractivity contribution in [1.82, 2.24) is 5.32 Å². The smallest absolute Gasteiger partial charge is 0.185 e. The largest absolute Gasteiger partial charge is 0.370 e. The number of carbonyl (C=O) groups is 1. The Bertz CT molecular complexity index is 343. The summed E-state index contributed by atoms with van der Waals surface area (Å²) in [5.74, 6) is 0.119. The lowest BCUT2D eigenvalue weighted by Gasteiger charge is -2.11. The minimum atomic E-state index is -0.0684. The van der Waals surface area contributed by atoms with Gasteiger partial charge in [0.05, 0.1) is 6.04 Å². The molecule has 0 aliphatic carbocycles. The molecule has 0 saturated carbocycles. The molecule has 0 aliphatic rings. The fourth-order valence-corrected chi connectivity index (χ4v) is 3.34. The molecule has 0 unspecified atom stereocenters. The Hall–Kier alpha value is -1.10. The molecule has 0 amide bonds. The van der Waals surface area contributed by atoms with Crippen molar-refractivity contribution in [3.05, 3.63) is 0 Å². The van der Waals surface area contributed by atoms with Crippen molar-refractivity contribution in [2.45, 2.75) is 116 Å².